The summed E-state index contributed by atoms with van der Waals surface area (Å²) >= 11 is 1.58. The van der Waals surface area contributed by atoms with E-state index in [-0.39, 0.29) is 18.4 Å². The zero-order chi connectivity index (χ0) is 20.2. The summed E-state index contributed by atoms with van der Waals surface area (Å²) in [6, 6.07) is 11.1. The number of fused-ring (bicyclic) bond motifs is 1. The van der Waals surface area contributed by atoms with Gasteiger partial charge in [-0.25, -0.2) is 4.98 Å². The predicted octanol–water partition coefficient (Wildman–Crippen LogP) is 2.60. The van der Waals surface area contributed by atoms with Gasteiger partial charge in [0.05, 0.1) is 6.54 Å². The number of amides is 2. The van der Waals surface area contributed by atoms with Gasteiger partial charge in [0.15, 0.2) is 0 Å². The number of anilines is 2. The molecule has 0 aliphatic carbocycles. The molecule has 1 fully saturated rings. The Kier molecular flexibility index (Phi) is 5.62. The molecule has 7 nitrogen and oxygen atoms in total. The van der Waals surface area contributed by atoms with Gasteiger partial charge >= 0.3 is 0 Å². The molecule has 1 atom stereocenters. The van der Waals surface area contributed by atoms with Crippen LogP contribution in [0.3, 0.4) is 0 Å². The molecule has 150 valence electrons. The lowest BCUT2D eigenvalue weighted by Crippen LogP contribution is -2.47. The van der Waals surface area contributed by atoms with E-state index < -0.39 is 6.04 Å². The minimum atomic E-state index is -0.430. The molecule has 0 bridgehead atoms. The van der Waals surface area contributed by atoms with E-state index >= 15 is 0 Å². The van der Waals surface area contributed by atoms with Crippen LogP contribution in [0.1, 0.15) is 18.4 Å². The first-order valence-electron chi connectivity index (χ1n) is 9.60. The number of carbonyl (C=O) groups is 2. The molecule has 29 heavy (non-hydrogen) atoms. The fourth-order valence-electron chi connectivity index (χ4n) is 3.63. The molecule has 4 rings (SSSR count). The minimum absolute atomic E-state index is 0.0682. The van der Waals surface area contributed by atoms with Crippen molar-refractivity contribution in [3.05, 3.63) is 53.5 Å². The lowest BCUT2D eigenvalue weighted by atomic mass is 10.2. The van der Waals surface area contributed by atoms with Gasteiger partial charge in [0, 0.05) is 40.6 Å². The summed E-state index contributed by atoms with van der Waals surface area (Å²) in [4.78, 5) is 31.3. The van der Waals surface area contributed by atoms with Gasteiger partial charge in [-0.1, -0.05) is 18.2 Å². The zero-order valence-electron chi connectivity index (χ0n) is 15.9. The summed E-state index contributed by atoms with van der Waals surface area (Å²) in [5, 5.41) is 8.97. The summed E-state index contributed by atoms with van der Waals surface area (Å²) in [5.41, 5.74) is 7.72. The highest BCUT2D eigenvalue weighted by Gasteiger charge is 2.33. The molecule has 0 saturated carbocycles. The molecular weight excluding hydrogens is 386 g/mol. The van der Waals surface area contributed by atoms with E-state index in [9.17, 15) is 9.59 Å². The molecule has 1 saturated heterocycles. The Morgan fingerprint density at radius 1 is 1.24 bits per heavy atom. The van der Waals surface area contributed by atoms with Crippen LogP contribution in [0.15, 0.2) is 48.0 Å². The maximum atomic E-state index is 12.8. The zero-order valence-corrected chi connectivity index (χ0v) is 16.7. The molecule has 3 aromatic rings. The molecule has 3 heterocycles. The number of rotatable bonds is 6. The highest BCUT2D eigenvalue weighted by atomic mass is 32.1. The smallest absolute Gasteiger partial charge is 0.243 e. The molecule has 1 aromatic carbocycles. The first kappa shape index (κ1) is 19.2. The van der Waals surface area contributed by atoms with Crippen LogP contribution in [0, 0.1) is 0 Å². The van der Waals surface area contributed by atoms with Crippen LogP contribution in [0.2, 0.25) is 0 Å². The van der Waals surface area contributed by atoms with Crippen molar-refractivity contribution in [3.8, 4) is 0 Å². The molecular formula is C21H23N5O2S. The normalized spacial score (nSPS) is 16.1. The number of nitrogens with two attached hydrogens (primary N) is 1. The van der Waals surface area contributed by atoms with Crippen LogP contribution in [0.25, 0.3) is 10.1 Å². The van der Waals surface area contributed by atoms with Crippen LogP contribution >= 0.6 is 11.3 Å². The number of likely N-dealkylation sites (tertiary alicyclic amines) is 1. The van der Waals surface area contributed by atoms with Crippen LogP contribution < -0.4 is 16.4 Å². The van der Waals surface area contributed by atoms with Crippen molar-refractivity contribution in [2.45, 2.75) is 25.4 Å². The monoisotopic (exact) mass is 409 g/mol. The number of aromatic nitrogens is 1. The van der Waals surface area contributed by atoms with E-state index in [1.165, 1.54) is 0 Å². The van der Waals surface area contributed by atoms with E-state index in [4.69, 9.17) is 5.73 Å². The highest BCUT2D eigenvalue weighted by Crippen LogP contribution is 2.28. The summed E-state index contributed by atoms with van der Waals surface area (Å²) < 4.78 is 1.03. The molecule has 1 aliphatic heterocycles. The maximum absolute atomic E-state index is 12.8. The minimum Gasteiger partial charge on any atom is -0.383 e. The number of thiophene rings is 1. The standard InChI is InChI=1S/C21H23N5O2S/c22-20-16-8-10-29-19(16)14(11-24-20)12-25-21(28)17-7-4-9-26(17)18(27)13-23-15-5-2-1-3-6-15/h1-3,5-6,8,10-11,17,23H,4,7,9,12-13H2,(H2,22,24)(H,25,28)/t17-/m0/s1. The Labute approximate surface area is 172 Å². The summed E-state index contributed by atoms with van der Waals surface area (Å²) in [5.74, 6) is 0.299. The van der Waals surface area contributed by atoms with Crippen LogP contribution in [-0.2, 0) is 16.1 Å². The van der Waals surface area contributed by atoms with Crippen molar-refractivity contribution in [2.75, 3.05) is 24.1 Å². The quantitative estimate of drug-likeness (QED) is 0.581. The number of hydrogen-bond acceptors (Lipinski definition) is 6. The Morgan fingerprint density at radius 2 is 2.07 bits per heavy atom. The Balaban J connectivity index is 1.36. The maximum Gasteiger partial charge on any atom is 0.243 e. The van der Waals surface area contributed by atoms with Gasteiger partial charge in [-0.05, 0) is 36.4 Å². The lowest BCUT2D eigenvalue weighted by molar-refractivity contribution is -0.137. The van der Waals surface area contributed by atoms with Gasteiger partial charge in [-0.2, -0.15) is 0 Å². The van der Waals surface area contributed by atoms with Gasteiger partial charge in [-0.3, -0.25) is 9.59 Å². The van der Waals surface area contributed by atoms with Crippen molar-refractivity contribution in [1.82, 2.24) is 15.2 Å². The number of nitrogens with one attached hydrogen (secondary N) is 2. The molecule has 0 unspecified atom stereocenters. The third-order valence-corrected chi connectivity index (χ3v) is 6.13. The van der Waals surface area contributed by atoms with Gasteiger partial charge < -0.3 is 21.3 Å². The molecule has 2 amide bonds. The number of hydrogen-bond donors (Lipinski definition) is 3. The van der Waals surface area contributed by atoms with E-state index in [1.807, 2.05) is 41.8 Å². The number of para-hydroxylation sites is 1. The lowest BCUT2D eigenvalue weighted by Gasteiger charge is -2.24. The molecule has 4 N–H and O–H groups in total. The number of carbonyl (C=O) groups excluding carboxylic acids is 2. The van der Waals surface area contributed by atoms with Gasteiger partial charge in [0.25, 0.3) is 0 Å². The van der Waals surface area contributed by atoms with Crippen LogP contribution in [0.5, 0.6) is 0 Å². The topological polar surface area (TPSA) is 100 Å². The summed E-state index contributed by atoms with van der Waals surface area (Å²) in [6.07, 6.45) is 3.21. The summed E-state index contributed by atoms with van der Waals surface area (Å²) in [6.45, 7) is 1.14. The third kappa shape index (κ3) is 4.17. The van der Waals surface area contributed by atoms with Crippen molar-refractivity contribution in [3.63, 3.8) is 0 Å². The number of nitrogens with zero attached hydrogens (tertiary/aromatic N) is 2. The fourth-order valence-corrected chi connectivity index (χ4v) is 4.55. The van der Waals surface area contributed by atoms with Crippen LogP contribution in [-0.4, -0.2) is 40.8 Å². The Morgan fingerprint density at radius 3 is 2.90 bits per heavy atom. The fraction of sp³-hybridized carbons (Fsp3) is 0.286. The molecule has 1 aliphatic rings. The van der Waals surface area contributed by atoms with E-state index in [0.29, 0.717) is 25.3 Å². The number of nitrogen functional groups attached to an aromatic ring is 1. The average molecular weight is 410 g/mol. The van der Waals surface area contributed by atoms with E-state index in [0.717, 1.165) is 27.8 Å². The number of benzene rings is 1. The molecule has 8 heteroatoms. The predicted molar refractivity (Wildman–Crippen MR) is 116 cm³/mol. The Hall–Kier alpha value is -3.13. The van der Waals surface area contributed by atoms with Gasteiger partial charge in [0.2, 0.25) is 11.8 Å². The molecule has 2 aromatic heterocycles. The average Bonchev–Trinajstić information content (AvgIpc) is 3.42. The third-order valence-electron chi connectivity index (χ3n) is 5.14. The summed E-state index contributed by atoms with van der Waals surface area (Å²) in [7, 11) is 0. The second kappa shape index (κ2) is 8.48. The largest absolute Gasteiger partial charge is 0.383 e. The van der Waals surface area contributed by atoms with Gasteiger partial charge in [-0.15, -0.1) is 11.3 Å². The second-order valence-electron chi connectivity index (χ2n) is 7.01. The first-order valence-corrected chi connectivity index (χ1v) is 10.5. The van der Waals surface area contributed by atoms with Crippen LogP contribution in [0.4, 0.5) is 11.5 Å². The van der Waals surface area contributed by atoms with Crippen molar-refractivity contribution in [1.29, 1.82) is 0 Å². The molecule has 0 radical (unpaired) electrons. The first-order chi connectivity index (χ1) is 14.1. The van der Waals surface area contributed by atoms with Gasteiger partial charge in [0.1, 0.15) is 11.9 Å². The van der Waals surface area contributed by atoms with Crippen molar-refractivity contribution < 1.29 is 9.59 Å². The second-order valence-corrected chi connectivity index (χ2v) is 7.93. The van der Waals surface area contributed by atoms with Crippen molar-refractivity contribution >= 4 is 44.7 Å². The SMILES string of the molecule is Nc1ncc(CNC(=O)[C@@H]2CCCN2C(=O)CNc2ccccc2)c2sccc12. The number of pyridine rings is 1. The van der Waals surface area contributed by atoms with E-state index in [1.54, 1.807) is 22.4 Å². The molecule has 0 spiro atoms. The Bertz CT molecular complexity index is 1020. The highest BCUT2D eigenvalue weighted by molar-refractivity contribution is 7.17. The van der Waals surface area contributed by atoms with Crippen molar-refractivity contribution in [2.24, 2.45) is 0 Å². The van der Waals surface area contributed by atoms with E-state index in [2.05, 4.69) is 15.6 Å².